The van der Waals surface area contributed by atoms with Gasteiger partial charge in [0.25, 0.3) is 0 Å². The fraction of sp³-hybridized carbons (Fsp3) is 0.667. The molecule has 0 aliphatic heterocycles. The monoisotopic (exact) mass is 425 g/mol. The predicted octanol–water partition coefficient (Wildman–Crippen LogP) is 7.65. The van der Waals surface area contributed by atoms with Crippen LogP contribution in [0.2, 0.25) is 0 Å². The molecule has 0 N–H and O–H groups in total. The summed E-state index contributed by atoms with van der Waals surface area (Å²) in [6, 6.07) is 8.16. The second-order valence-corrected chi connectivity index (χ2v) is 10.7. The van der Waals surface area contributed by atoms with E-state index in [9.17, 15) is 0 Å². The second kappa shape index (κ2) is 11.6. The first-order chi connectivity index (χ1) is 14.6. The summed E-state index contributed by atoms with van der Waals surface area (Å²) in [5.74, 6) is 3.31. The molecular weight excluding hydrogens is 382 g/mol. The van der Waals surface area contributed by atoms with Gasteiger partial charge in [-0.1, -0.05) is 93.4 Å². The van der Waals surface area contributed by atoms with Gasteiger partial charge in [0.15, 0.2) is 5.82 Å². The van der Waals surface area contributed by atoms with Crippen LogP contribution in [0.5, 0.6) is 5.75 Å². The van der Waals surface area contributed by atoms with Crippen LogP contribution in [-0.4, -0.2) is 21.6 Å². The van der Waals surface area contributed by atoms with Crippen LogP contribution in [0.25, 0.3) is 11.4 Å². The van der Waals surface area contributed by atoms with Crippen LogP contribution in [0.4, 0.5) is 0 Å². The Labute approximate surface area is 190 Å². The fourth-order valence-corrected chi connectivity index (χ4v) is 3.30. The third-order valence-electron chi connectivity index (χ3n) is 5.36. The lowest BCUT2D eigenvalue weighted by atomic mass is 9.93. The molecule has 0 unspecified atom stereocenters. The van der Waals surface area contributed by atoms with Crippen molar-refractivity contribution in [3.8, 4) is 17.1 Å². The summed E-state index contributed by atoms with van der Waals surface area (Å²) < 4.78 is 5.94. The first-order valence-electron chi connectivity index (χ1n) is 12.1. The summed E-state index contributed by atoms with van der Waals surface area (Å²) in [7, 11) is 0. The Morgan fingerprint density at radius 3 is 1.61 bits per heavy atom. The summed E-state index contributed by atoms with van der Waals surface area (Å²) >= 11 is 0. The van der Waals surface area contributed by atoms with E-state index < -0.39 is 0 Å². The molecule has 0 saturated carbocycles. The SMILES string of the molecule is CCCCCCCCCCOc1ccc(-c2nc(C(C)(C)C)nc(C(C)(C)C)n2)cc1. The first kappa shape index (κ1) is 25.3. The lowest BCUT2D eigenvalue weighted by molar-refractivity contribution is 0.304. The van der Waals surface area contributed by atoms with Gasteiger partial charge in [-0.15, -0.1) is 0 Å². The van der Waals surface area contributed by atoms with Crippen molar-refractivity contribution in [1.29, 1.82) is 0 Å². The van der Waals surface area contributed by atoms with Gasteiger partial charge in [0.2, 0.25) is 0 Å². The van der Waals surface area contributed by atoms with Crippen LogP contribution in [0, 0.1) is 0 Å². The second-order valence-electron chi connectivity index (χ2n) is 10.7. The molecule has 0 amide bonds. The smallest absolute Gasteiger partial charge is 0.163 e. The Morgan fingerprint density at radius 2 is 1.13 bits per heavy atom. The van der Waals surface area contributed by atoms with Crippen molar-refractivity contribution in [3.63, 3.8) is 0 Å². The molecule has 0 fully saturated rings. The van der Waals surface area contributed by atoms with Gasteiger partial charge in [0.1, 0.15) is 17.4 Å². The number of hydrogen-bond acceptors (Lipinski definition) is 4. The topological polar surface area (TPSA) is 47.9 Å². The Morgan fingerprint density at radius 1 is 0.645 bits per heavy atom. The van der Waals surface area contributed by atoms with Gasteiger partial charge in [-0.05, 0) is 30.7 Å². The number of benzene rings is 1. The molecule has 1 aromatic heterocycles. The van der Waals surface area contributed by atoms with Crippen LogP contribution >= 0.6 is 0 Å². The Kier molecular flexibility index (Phi) is 9.46. The molecule has 1 heterocycles. The van der Waals surface area contributed by atoms with Gasteiger partial charge in [0.05, 0.1) is 6.61 Å². The highest BCUT2D eigenvalue weighted by atomic mass is 16.5. The lowest BCUT2D eigenvalue weighted by Crippen LogP contribution is -2.24. The largest absolute Gasteiger partial charge is 0.494 e. The van der Waals surface area contributed by atoms with Crippen molar-refractivity contribution in [3.05, 3.63) is 35.9 Å². The van der Waals surface area contributed by atoms with Crippen molar-refractivity contribution < 1.29 is 4.74 Å². The first-order valence-corrected chi connectivity index (χ1v) is 12.1. The van der Waals surface area contributed by atoms with Gasteiger partial charge in [0, 0.05) is 16.4 Å². The third-order valence-corrected chi connectivity index (χ3v) is 5.36. The minimum absolute atomic E-state index is 0.128. The van der Waals surface area contributed by atoms with E-state index in [1.165, 1.54) is 44.9 Å². The maximum Gasteiger partial charge on any atom is 0.163 e. The molecule has 0 saturated heterocycles. The zero-order valence-electron chi connectivity index (χ0n) is 20.9. The molecule has 0 aliphatic rings. The number of aromatic nitrogens is 3. The average Bonchev–Trinajstić information content (AvgIpc) is 2.71. The van der Waals surface area contributed by atoms with Gasteiger partial charge < -0.3 is 4.74 Å². The van der Waals surface area contributed by atoms with Crippen LogP contribution in [0.1, 0.15) is 111 Å². The molecule has 2 rings (SSSR count). The van der Waals surface area contributed by atoms with E-state index in [-0.39, 0.29) is 10.8 Å². The van der Waals surface area contributed by atoms with Gasteiger partial charge in [-0.2, -0.15) is 0 Å². The summed E-state index contributed by atoms with van der Waals surface area (Å²) in [4.78, 5) is 14.3. The molecule has 0 aliphatic carbocycles. The van der Waals surface area contributed by atoms with Crippen molar-refractivity contribution in [1.82, 2.24) is 15.0 Å². The molecular formula is C27H43N3O. The van der Waals surface area contributed by atoms with Crippen LogP contribution in [0.15, 0.2) is 24.3 Å². The summed E-state index contributed by atoms with van der Waals surface area (Å²) in [5.41, 5.74) is 0.742. The lowest BCUT2D eigenvalue weighted by Gasteiger charge is -2.22. The Balaban J connectivity index is 1.94. The summed E-state index contributed by atoms with van der Waals surface area (Å²) in [5, 5.41) is 0. The van der Waals surface area contributed by atoms with E-state index in [2.05, 4.69) is 60.6 Å². The van der Waals surface area contributed by atoms with E-state index >= 15 is 0 Å². The molecule has 2 aromatic rings. The molecule has 4 heteroatoms. The third kappa shape index (κ3) is 8.59. The average molecular weight is 426 g/mol. The van der Waals surface area contributed by atoms with Crippen molar-refractivity contribution >= 4 is 0 Å². The Bertz CT molecular complexity index is 753. The number of hydrogen-bond donors (Lipinski definition) is 0. The van der Waals surface area contributed by atoms with Gasteiger partial charge >= 0.3 is 0 Å². The molecule has 172 valence electrons. The van der Waals surface area contributed by atoms with E-state index in [0.717, 1.165) is 41.8 Å². The predicted molar refractivity (Wildman–Crippen MR) is 131 cm³/mol. The number of unbranched alkanes of at least 4 members (excludes halogenated alkanes) is 7. The Hall–Kier alpha value is -1.97. The molecule has 31 heavy (non-hydrogen) atoms. The van der Waals surface area contributed by atoms with Crippen molar-refractivity contribution in [2.45, 2.75) is 111 Å². The fourth-order valence-electron chi connectivity index (χ4n) is 3.30. The number of rotatable bonds is 11. The highest BCUT2D eigenvalue weighted by Gasteiger charge is 2.25. The van der Waals surface area contributed by atoms with E-state index in [4.69, 9.17) is 19.7 Å². The van der Waals surface area contributed by atoms with Crippen molar-refractivity contribution in [2.75, 3.05) is 6.61 Å². The normalized spacial score (nSPS) is 12.2. The molecule has 1 aromatic carbocycles. The molecule has 0 spiro atoms. The highest BCUT2D eigenvalue weighted by Crippen LogP contribution is 2.27. The van der Waals surface area contributed by atoms with Gasteiger partial charge in [-0.25, -0.2) is 15.0 Å². The standard InChI is InChI=1S/C27H43N3O/c1-8-9-10-11-12-13-14-15-20-31-22-18-16-21(17-19-22)23-28-24(26(2,3)4)30-25(29-23)27(5,6)7/h16-19H,8-15,20H2,1-7H3. The molecule has 0 radical (unpaired) electrons. The molecule has 0 atom stereocenters. The van der Waals surface area contributed by atoms with E-state index in [1.807, 2.05) is 12.1 Å². The number of ether oxygens (including phenoxy) is 1. The van der Waals surface area contributed by atoms with Crippen molar-refractivity contribution in [2.24, 2.45) is 0 Å². The molecule has 4 nitrogen and oxygen atoms in total. The zero-order valence-corrected chi connectivity index (χ0v) is 20.9. The van der Waals surface area contributed by atoms with Crippen LogP contribution in [-0.2, 0) is 10.8 Å². The maximum atomic E-state index is 5.94. The van der Waals surface area contributed by atoms with Crippen LogP contribution in [0.3, 0.4) is 0 Å². The quantitative estimate of drug-likeness (QED) is 0.347. The summed E-state index contributed by atoms with van der Waals surface area (Å²) in [6.07, 6.45) is 10.5. The highest BCUT2D eigenvalue weighted by molar-refractivity contribution is 5.56. The van der Waals surface area contributed by atoms with Gasteiger partial charge in [-0.3, -0.25) is 0 Å². The molecule has 0 bridgehead atoms. The minimum atomic E-state index is -0.128. The zero-order chi connectivity index (χ0) is 22.9. The maximum absolute atomic E-state index is 5.94. The summed E-state index contributed by atoms with van der Waals surface area (Å²) in [6.45, 7) is 15.9. The van der Waals surface area contributed by atoms with E-state index in [1.54, 1.807) is 0 Å². The van der Waals surface area contributed by atoms with Crippen LogP contribution < -0.4 is 4.74 Å². The minimum Gasteiger partial charge on any atom is -0.494 e. The number of nitrogens with zero attached hydrogens (tertiary/aromatic N) is 3. The van der Waals surface area contributed by atoms with E-state index in [0.29, 0.717) is 0 Å².